The summed E-state index contributed by atoms with van der Waals surface area (Å²) in [7, 11) is 1.17. The summed E-state index contributed by atoms with van der Waals surface area (Å²) in [5.74, 6) is -6.77. The van der Waals surface area contributed by atoms with Gasteiger partial charge in [-0.3, -0.25) is 14.4 Å². The maximum Gasteiger partial charge on any atom is 0.416 e. The zero-order valence-corrected chi connectivity index (χ0v) is 15.0. The quantitative estimate of drug-likeness (QED) is 0.613. The zero-order valence-electron chi connectivity index (χ0n) is 15.0. The van der Waals surface area contributed by atoms with Gasteiger partial charge in [0, 0.05) is 5.92 Å². The van der Waals surface area contributed by atoms with E-state index in [0.717, 1.165) is 35.4 Å². The molecule has 1 aliphatic rings. The molecule has 1 aliphatic heterocycles. The normalized spacial score (nSPS) is 19.5. The van der Waals surface area contributed by atoms with Gasteiger partial charge in [0.05, 0.1) is 24.9 Å². The summed E-state index contributed by atoms with van der Waals surface area (Å²) in [5, 5.41) is 2.98. The van der Waals surface area contributed by atoms with Crippen LogP contribution in [0.3, 0.4) is 0 Å². The second-order valence-electron chi connectivity index (χ2n) is 6.38. The van der Waals surface area contributed by atoms with E-state index >= 15 is 0 Å². The van der Waals surface area contributed by atoms with Gasteiger partial charge >= 0.3 is 6.18 Å². The first kappa shape index (κ1) is 20.7. The second kappa shape index (κ2) is 7.78. The van der Waals surface area contributed by atoms with Gasteiger partial charge in [-0.25, -0.2) is 13.8 Å². The molecular weight excluding hydrogens is 399 g/mol. The van der Waals surface area contributed by atoms with Crippen molar-refractivity contribution in [3.05, 3.63) is 65.2 Å². The fourth-order valence-electron chi connectivity index (χ4n) is 3.21. The second-order valence-corrected chi connectivity index (χ2v) is 6.38. The summed E-state index contributed by atoms with van der Waals surface area (Å²) >= 11 is 0. The molecule has 0 unspecified atom stereocenters. The SMILES string of the molecule is CON1C[C@@H](c2cccc(C(F)(F)F)c2)[C@H](C(=O)Nc2cccc(F)c2F)C1=O. The predicted octanol–water partition coefficient (Wildman–Crippen LogP) is 3.73. The van der Waals surface area contributed by atoms with E-state index in [1.807, 2.05) is 0 Å². The van der Waals surface area contributed by atoms with Crippen LogP contribution in [0.5, 0.6) is 0 Å². The highest BCUT2D eigenvalue weighted by Crippen LogP contribution is 2.37. The van der Waals surface area contributed by atoms with Gasteiger partial charge in [0.1, 0.15) is 5.92 Å². The number of carbonyl (C=O) groups excluding carboxylic acids is 2. The van der Waals surface area contributed by atoms with Crippen LogP contribution in [0.2, 0.25) is 0 Å². The predicted molar refractivity (Wildman–Crippen MR) is 91.4 cm³/mol. The minimum Gasteiger partial charge on any atom is -0.323 e. The molecule has 2 amide bonds. The Labute approximate surface area is 162 Å². The Hall–Kier alpha value is -3.01. The maximum absolute atomic E-state index is 13.9. The summed E-state index contributed by atoms with van der Waals surface area (Å²) in [5.41, 5.74) is -1.33. The van der Waals surface area contributed by atoms with Crippen molar-refractivity contribution in [2.45, 2.75) is 12.1 Å². The molecule has 3 rings (SSSR count). The third-order valence-corrected chi connectivity index (χ3v) is 4.63. The van der Waals surface area contributed by atoms with E-state index in [9.17, 15) is 31.5 Å². The van der Waals surface area contributed by atoms with Crippen LogP contribution in [0.4, 0.5) is 27.6 Å². The topological polar surface area (TPSA) is 58.6 Å². The molecule has 154 valence electrons. The largest absolute Gasteiger partial charge is 0.416 e. The van der Waals surface area contributed by atoms with Gasteiger partial charge in [0.25, 0.3) is 5.91 Å². The van der Waals surface area contributed by atoms with Crippen molar-refractivity contribution < 1.29 is 36.4 Å². The average Bonchev–Trinajstić information content (AvgIpc) is 3.01. The number of anilines is 1. The highest BCUT2D eigenvalue weighted by molar-refractivity contribution is 6.08. The first-order chi connectivity index (χ1) is 13.6. The third kappa shape index (κ3) is 4.07. The molecule has 0 aromatic heterocycles. The third-order valence-electron chi connectivity index (χ3n) is 4.63. The minimum atomic E-state index is -4.61. The van der Waals surface area contributed by atoms with Gasteiger partial charge in [0.15, 0.2) is 11.6 Å². The first-order valence-corrected chi connectivity index (χ1v) is 8.41. The number of halogens is 5. The highest BCUT2D eigenvalue weighted by Gasteiger charge is 2.47. The van der Waals surface area contributed by atoms with Gasteiger partial charge in [-0.05, 0) is 23.8 Å². The molecule has 0 bridgehead atoms. The highest BCUT2D eigenvalue weighted by atomic mass is 19.4. The monoisotopic (exact) mass is 414 g/mol. The van der Waals surface area contributed by atoms with Crippen LogP contribution >= 0.6 is 0 Å². The molecule has 29 heavy (non-hydrogen) atoms. The Kier molecular flexibility index (Phi) is 5.56. The Morgan fingerprint density at radius 3 is 2.52 bits per heavy atom. The van der Waals surface area contributed by atoms with E-state index in [0.29, 0.717) is 0 Å². The van der Waals surface area contributed by atoms with Crippen LogP contribution in [0.15, 0.2) is 42.5 Å². The molecule has 0 saturated carbocycles. The van der Waals surface area contributed by atoms with Crippen molar-refractivity contribution >= 4 is 17.5 Å². The van der Waals surface area contributed by atoms with E-state index in [1.165, 1.54) is 19.2 Å². The van der Waals surface area contributed by atoms with Gasteiger partial charge < -0.3 is 5.32 Å². The van der Waals surface area contributed by atoms with E-state index in [1.54, 1.807) is 0 Å². The van der Waals surface area contributed by atoms with Crippen molar-refractivity contribution in [3.63, 3.8) is 0 Å². The van der Waals surface area contributed by atoms with Crippen molar-refractivity contribution in [1.29, 1.82) is 0 Å². The Morgan fingerprint density at radius 2 is 1.86 bits per heavy atom. The smallest absolute Gasteiger partial charge is 0.323 e. The molecule has 1 heterocycles. The number of hydrogen-bond donors (Lipinski definition) is 1. The molecule has 5 nitrogen and oxygen atoms in total. The Balaban J connectivity index is 1.95. The van der Waals surface area contributed by atoms with E-state index in [4.69, 9.17) is 4.84 Å². The minimum absolute atomic E-state index is 0.0904. The van der Waals surface area contributed by atoms with Crippen molar-refractivity contribution in [3.8, 4) is 0 Å². The van der Waals surface area contributed by atoms with Crippen LogP contribution in [0.1, 0.15) is 17.0 Å². The Bertz CT molecular complexity index is 948. The number of amides is 2. The van der Waals surface area contributed by atoms with Crippen LogP contribution in [0.25, 0.3) is 0 Å². The number of hydroxylamine groups is 2. The molecule has 10 heteroatoms. The van der Waals surface area contributed by atoms with Crippen LogP contribution in [-0.4, -0.2) is 30.5 Å². The number of hydrogen-bond acceptors (Lipinski definition) is 3. The van der Waals surface area contributed by atoms with Crippen molar-refractivity contribution in [2.75, 3.05) is 19.0 Å². The summed E-state index contributed by atoms with van der Waals surface area (Å²) in [6, 6.07) is 7.35. The molecule has 0 spiro atoms. The van der Waals surface area contributed by atoms with Crippen molar-refractivity contribution in [2.24, 2.45) is 5.92 Å². The lowest BCUT2D eigenvalue weighted by molar-refractivity contribution is -0.170. The van der Waals surface area contributed by atoms with Gasteiger partial charge in [-0.1, -0.05) is 24.3 Å². The Morgan fingerprint density at radius 1 is 1.17 bits per heavy atom. The average molecular weight is 414 g/mol. The van der Waals surface area contributed by atoms with E-state index < -0.39 is 52.7 Å². The molecular formula is C19H15F5N2O3. The number of nitrogens with zero attached hydrogens (tertiary/aromatic N) is 1. The fraction of sp³-hybridized carbons (Fsp3) is 0.263. The summed E-state index contributed by atoms with van der Waals surface area (Å²) in [4.78, 5) is 30.1. The molecule has 1 saturated heterocycles. The summed E-state index contributed by atoms with van der Waals surface area (Å²) in [6.07, 6.45) is -4.61. The number of alkyl halides is 3. The van der Waals surface area contributed by atoms with Crippen LogP contribution in [0, 0.1) is 17.6 Å². The van der Waals surface area contributed by atoms with Gasteiger partial charge in [0.2, 0.25) is 5.91 Å². The summed E-state index contributed by atoms with van der Waals surface area (Å²) < 4.78 is 66.4. The van der Waals surface area contributed by atoms with Gasteiger partial charge in [-0.15, -0.1) is 0 Å². The van der Waals surface area contributed by atoms with Crippen LogP contribution < -0.4 is 5.32 Å². The zero-order chi connectivity index (χ0) is 21.3. The molecule has 1 fully saturated rings. The molecule has 0 radical (unpaired) electrons. The van der Waals surface area contributed by atoms with Gasteiger partial charge in [-0.2, -0.15) is 13.2 Å². The summed E-state index contributed by atoms with van der Waals surface area (Å²) in [6.45, 7) is -0.180. The number of rotatable bonds is 4. The molecule has 2 aromatic rings. The maximum atomic E-state index is 13.9. The van der Waals surface area contributed by atoms with E-state index in [-0.39, 0.29) is 12.1 Å². The lowest BCUT2D eigenvalue weighted by Gasteiger charge is -2.18. The number of carbonyl (C=O) groups is 2. The van der Waals surface area contributed by atoms with E-state index in [2.05, 4.69) is 5.32 Å². The lowest BCUT2D eigenvalue weighted by atomic mass is 9.87. The molecule has 2 aromatic carbocycles. The first-order valence-electron chi connectivity index (χ1n) is 8.41. The molecule has 1 N–H and O–H groups in total. The van der Waals surface area contributed by atoms with Crippen LogP contribution in [-0.2, 0) is 20.6 Å². The van der Waals surface area contributed by atoms with Crippen molar-refractivity contribution in [1.82, 2.24) is 5.06 Å². The standard InChI is InChI=1S/C19H15F5N2O3/c1-29-26-9-12(10-4-2-5-11(8-10)19(22,23)24)15(18(26)28)17(27)25-14-7-3-6-13(20)16(14)21/h2-8,12,15H,9H2,1H3,(H,25,27)/t12-,15+/m0/s1. The number of benzene rings is 2. The lowest BCUT2D eigenvalue weighted by Crippen LogP contribution is -2.34. The number of nitrogens with one attached hydrogen (secondary N) is 1. The molecule has 2 atom stereocenters. The fourth-order valence-corrected chi connectivity index (χ4v) is 3.21. The molecule has 0 aliphatic carbocycles.